The van der Waals surface area contributed by atoms with Crippen LogP contribution in [0.2, 0.25) is 0 Å². The van der Waals surface area contributed by atoms with Crippen molar-refractivity contribution >= 4 is 5.91 Å². The lowest BCUT2D eigenvalue weighted by atomic mass is 10.00. The summed E-state index contributed by atoms with van der Waals surface area (Å²) in [6.45, 7) is 7.25. The molecule has 8 heteroatoms. The zero-order valence-electron chi connectivity index (χ0n) is 21.0. The highest BCUT2D eigenvalue weighted by atomic mass is 16.5. The number of benzene rings is 2. The Hall–Kier alpha value is -3.70. The molecule has 1 N–H and O–H groups in total. The number of carbonyl (C=O) groups excluding carboxylic acids is 1. The molecule has 3 aromatic rings. The van der Waals surface area contributed by atoms with Gasteiger partial charge in [0.15, 0.2) is 0 Å². The largest absolute Gasteiger partial charge is 0.490 e. The van der Waals surface area contributed by atoms with Crippen molar-refractivity contribution < 1.29 is 19.2 Å². The predicted octanol–water partition coefficient (Wildman–Crippen LogP) is 4.40. The van der Waals surface area contributed by atoms with Gasteiger partial charge in [0.05, 0.1) is 11.7 Å². The molecule has 0 saturated carbocycles. The van der Waals surface area contributed by atoms with Gasteiger partial charge in [-0.3, -0.25) is 4.79 Å². The van der Waals surface area contributed by atoms with E-state index in [2.05, 4.69) is 28.3 Å². The molecule has 0 spiro atoms. The zero-order valence-corrected chi connectivity index (χ0v) is 21.0. The normalized spacial score (nSPS) is 14.2. The number of carbonyl (C=O) groups is 1. The number of fused-ring (bicyclic) bond motifs is 1. The van der Waals surface area contributed by atoms with Gasteiger partial charge in [0.25, 0.3) is 5.89 Å². The maximum Gasteiger partial charge on any atom is 0.258 e. The van der Waals surface area contributed by atoms with Crippen molar-refractivity contribution in [2.45, 2.75) is 52.6 Å². The molecule has 188 valence electrons. The Kier molecular flexibility index (Phi) is 8.01. The summed E-state index contributed by atoms with van der Waals surface area (Å²) in [4.78, 5) is 19.1. The van der Waals surface area contributed by atoms with Gasteiger partial charge in [0, 0.05) is 37.2 Å². The van der Waals surface area contributed by atoms with Crippen LogP contribution in [-0.2, 0) is 17.6 Å². The van der Waals surface area contributed by atoms with Crippen molar-refractivity contribution in [3.8, 4) is 34.7 Å². The van der Waals surface area contributed by atoms with E-state index in [1.165, 1.54) is 11.1 Å². The van der Waals surface area contributed by atoms with E-state index >= 15 is 0 Å². The van der Waals surface area contributed by atoms with Gasteiger partial charge in [0.2, 0.25) is 11.7 Å². The number of aliphatic hydroxyl groups excluding tert-OH is 1. The fraction of sp³-hybridized carbons (Fsp3) is 0.429. The number of amides is 1. The maximum atomic E-state index is 12.7. The van der Waals surface area contributed by atoms with E-state index in [0.29, 0.717) is 54.5 Å². The molecule has 0 saturated heterocycles. The second-order valence-electron chi connectivity index (χ2n) is 9.60. The summed E-state index contributed by atoms with van der Waals surface area (Å²) in [5, 5.41) is 22.9. The Balaban J connectivity index is 1.48. The maximum absolute atomic E-state index is 12.7. The minimum absolute atomic E-state index is 0.0358. The van der Waals surface area contributed by atoms with Crippen molar-refractivity contribution in [2.75, 3.05) is 19.7 Å². The number of nitrogens with zero attached hydrogens (tertiary/aromatic N) is 4. The van der Waals surface area contributed by atoms with E-state index < -0.39 is 0 Å². The summed E-state index contributed by atoms with van der Waals surface area (Å²) >= 11 is 0. The van der Waals surface area contributed by atoms with E-state index in [1.54, 1.807) is 18.2 Å². The molecule has 0 unspecified atom stereocenters. The average Bonchev–Trinajstić information content (AvgIpc) is 3.28. The Morgan fingerprint density at radius 3 is 2.61 bits per heavy atom. The van der Waals surface area contributed by atoms with Crippen molar-refractivity contribution in [1.29, 1.82) is 5.26 Å². The molecule has 1 atom stereocenters. The molecule has 1 amide bonds. The quantitative estimate of drug-likeness (QED) is 0.500. The molecule has 1 aromatic heterocycles. The van der Waals surface area contributed by atoms with Crippen molar-refractivity contribution in [1.82, 2.24) is 15.0 Å². The third-order valence-corrected chi connectivity index (χ3v) is 6.42. The van der Waals surface area contributed by atoms with Crippen LogP contribution in [0.25, 0.3) is 22.8 Å². The Morgan fingerprint density at radius 1 is 1.14 bits per heavy atom. The third-order valence-electron chi connectivity index (χ3n) is 6.42. The lowest BCUT2D eigenvalue weighted by Gasteiger charge is -2.21. The highest BCUT2D eigenvalue weighted by Crippen LogP contribution is 2.29. The van der Waals surface area contributed by atoms with Gasteiger partial charge in [-0.05, 0) is 74.4 Å². The topological polar surface area (TPSA) is 112 Å². The number of aromatic nitrogens is 2. The van der Waals surface area contributed by atoms with Crippen molar-refractivity contribution in [2.24, 2.45) is 5.92 Å². The van der Waals surface area contributed by atoms with Crippen LogP contribution in [-0.4, -0.2) is 51.9 Å². The summed E-state index contributed by atoms with van der Waals surface area (Å²) in [7, 11) is 0. The van der Waals surface area contributed by atoms with E-state index in [9.17, 15) is 15.2 Å². The monoisotopic (exact) mass is 488 g/mol. The first-order chi connectivity index (χ1) is 17.4. The van der Waals surface area contributed by atoms with Crippen LogP contribution in [0.5, 0.6) is 5.75 Å². The van der Waals surface area contributed by atoms with Crippen LogP contribution < -0.4 is 4.74 Å². The highest BCUT2D eigenvalue weighted by molar-refractivity contribution is 5.76. The van der Waals surface area contributed by atoms with Crippen LogP contribution >= 0.6 is 0 Å². The lowest BCUT2D eigenvalue weighted by Crippen LogP contribution is -2.33. The fourth-order valence-corrected chi connectivity index (χ4v) is 4.30. The van der Waals surface area contributed by atoms with Gasteiger partial charge in [-0.25, -0.2) is 0 Å². The number of hydrogen-bond donors (Lipinski definition) is 1. The van der Waals surface area contributed by atoms with Gasteiger partial charge >= 0.3 is 0 Å². The molecule has 36 heavy (non-hydrogen) atoms. The zero-order chi connectivity index (χ0) is 25.7. The van der Waals surface area contributed by atoms with Gasteiger partial charge in [0.1, 0.15) is 11.8 Å². The number of ether oxygens (including phenoxy) is 1. The fourth-order valence-electron chi connectivity index (χ4n) is 4.30. The van der Waals surface area contributed by atoms with Gasteiger partial charge < -0.3 is 19.3 Å². The Bertz CT molecular complexity index is 1260. The molecule has 8 nitrogen and oxygen atoms in total. The van der Waals surface area contributed by atoms with E-state index in [4.69, 9.17) is 9.26 Å². The molecule has 0 aliphatic carbocycles. The molecule has 2 heterocycles. The predicted molar refractivity (Wildman–Crippen MR) is 135 cm³/mol. The van der Waals surface area contributed by atoms with Crippen LogP contribution in [0.15, 0.2) is 40.9 Å². The van der Waals surface area contributed by atoms with Gasteiger partial charge in [-0.2, -0.15) is 10.2 Å². The summed E-state index contributed by atoms with van der Waals surface area (Å²) in [5.41, 5.74) is 4.32. The van der Waals surface area contributed by atoms with E-state index in [-0.39, 0.29) is 24.5 Å². The first-order valence-corrected chi connectivity index (χ1v) is 12.4. The molecule has 0 fully saturated rings. The number of rotatable bonds is 8. The van der Waals surface area contributed by atoms with Crippen LogP contribution in [0.3, 0.4) is 0 Å². The minimum atomic E-state index is -0.0358. The molecule has 0 radical (unpaired) electrons. The van der Waals surface area contributed by atoms with Crippen LogP contribution in [0.1, 0.15) is 50.3 Å². The Morgan fingerprint density at radius 2 is 1.89 bits per heavy atom. The first kappa shape index (κ1) is 25.4. The number of nitriles is 1. The van der Waals surface area contributed by atoms with E-state index in [0.717, 1.165) is 18.4 Å². The molecular weight excluding hydrogens is 456 g/mol. The standard InChI is InChI=1S/C28H32N4O4/c1-18(2)35-25-8-7-23(15-24(25)16-29)28-30-27(31-36-28)22-6-5-20-10-12-32(13-11-21(20)14-22)26(34)9-4-19(3)17-33/h5-8,14-15,18-19,33H,4,9-13,17H2,1-3H3/t19-/m1/s1. The summed E-state index contributed by atoms with van der Waals surface area (Å²) in [6, 6.07) is 13.5. The van der Waals surface area contributed by atoms with Crippen LogP contribution in [0.4, 0.5) is 0 Å². The number of aliphatic hydroxyl groups is 1. The lowest BCUT2D eigenvalue weighted by molar-refractivity contribution is -0.131. The van der Waals surface area contributed by atoms with Crippen LogP contribution in [0, 0.1) is 17.2 Å². The third kappa shape index (κ3) is 5.92. The molecule has 1 aliphatic rings. The first-order valence-electron chi connectivity index (χ1n) is 12.4. The Labute approximate surface area is 211 Å². The van der Waals surface area contributed by atoms with Gasteiger partial charge in [-0.15, -0.1) is 0 Å². The van der Waals surface area contributed by atoms with Crippen molar-refractivity contribution in [3.05, 3.63) is 53.1 Å². The summed E-state index contributed by atoms with van der Waals surface area (Å²) < 4.78 is 11.2. The second-order valence-corrected chi connectivity index (χ2v) is 9.60. The smallest absolute Gasteiger partial charge is 0.258 e. The minimum Gasteiger partial charge on any atom is -0.490 e. The summed E-state index contributed by atoms with van der Waals surface area (Å²) in [5.74, 6) is 1.62. The molecule has 4 rings (SSSR count). The summed E-state index contributed by atoms with van der Waals surface area (Å²) in [6.07, 6.45) is 2.69. The highest BCUT2D eigenvalue weighted by Gasteiger charge is 2.20. The second kappa shape index (κ2) is 11.4. The molecule has 0 bridgehead atoms. The molecule has 2 aromatic carbocycles. The molecule has 1 aliphatic heterocycles. The SMILES string of the molecule is CC(C)Oc1ccc(-c2nc(-c3ccc4c(c3)CCN(C(=O)CC[C@@H](C)CO)CC4)no2)cc1C#N. The average molecular weight is 489 g/mol. The van der Waals surface area contributed by atoms with E-state index in [1.807, 2.05) is 31.7 Å². The van der Waals surface area contributed by atoms with Crippen molar-refractivity contribution in [3.63, 3.8) is 0 Å². The number of hydrogen-bond acceptors (Lipinski definition) is 7. The molecular formula is C28H32N4O4. The van der Waals surface area contributed by atoms with Gasteiger partial charge in [-0.1, -0.05) is 24.2 Å².